The first-order chi connectivity index (χ1) is 9.99. The zero-order chi connectivity index (χ0) is 15.3. The number of rotatable bonds is 6. The monoisotopic (exact) mass is 323 g/mol. The van der Waals surface area contributed by atoms with E-state index in [2.05, 4.69) is 4.72 Å². The molecule has 2 rings (SSSR count). The lowest BCUT2D eigenvalue weighted by Crippen LogP contribution is -2.23. The molecule has 0 amide bonds. The van der Waals surface area contributed by atoms with Crippen molar-refractivity contribution in [2.75, 3.05) is 0 Å². The highest BCUT2D eigenvalue weighted by atomic mass is 32.2. The van der Waals surface area contributed by atoms with Crippen LogP contribution in [0.1, 0.15) is 10.4 Å². The lowest BCUT2D eigenvalue weighted by Gasteiger charge is -2.06. The Balaban J connectivity index is 2.11. The van der Waals surface area contributed by atoms with Gasteiger partial charge in [-0.15, -0.1) is 11.3 Å². The highest BCUT2D eigenvalue weighted by Gasteiger charge is 2.14. The number of hydrogen-bond acceptors (Lipinski definition) is 4. The summed E-state index contributed by atoms with van der Waals surface area (Å²) in [7, 11) is -3.57. The molecular weight excluding hydrogens is 310 g/mol. The second-order valence-electron chi connectivity index (χ2n) is 4.11. The third-order valence-corrected chi connectivity index (χ3v) is 5.02. The van der Waals surface area contributed by atoms with E-state index in [1.54, 1.807) is 29.6 Å². The van der Waals surface area contributed by atoms with Crippen molar-refractivity contribution >= 4 is 33.4 Å². The lowest BCUT2D eigenvalue weighted by atomic mass is 10.2. The summed E-state index contributed by atoms with van der Waals surface area (Å²) in [6, 6.07) is 9.83. The van der Waals surface area contributed by atoms with Crippen LogP contribution in [0.15, 0.2) is 52.7 Å². The number of sulfonamides is 1. The molecule has 0 aliphatic carbocycles. The van der Waals surface area contributed by atoms with Gasteiger partial charge in [-0.2, -0.15) is 0 Å². The first-order valence-corrected chi connectivity index (χ1v) is 8.37. The molecule has 0 saturated carbocycles. The fraction of sp³-hybridized carbons (Fsp3) is 0.0714. The zero-order valence-electron chi connectivity index (χ0n) is 10.9. The van der Waals surface area contributed by atoms with Gasteiger partial charge >= 0.3 is 5.97 Å². The molecule has 0 atom stereocenters. The maximum Gasteiger partial charge on any atom is 0.328 e. The minimum Gasteiger partial charge on any atom is -0.478 e. The summed E-state index contributed by atoms with van der Waals surface area (Å²) in [6.07, 6.45) is 2.47. The molecule has 0 fully saturated rings. The maximum atomic E-state index is 12.1. The van der Waals surface area contributed by atoms with Gasteiger partial charge in [-0.25, -0.2) is 17.9 Å². The van der Waals surface area contributed by atoms with Crippen molar-refractivity contribution in [3.8, 4) is 0 Å². The molecule has 1 aromatic heterocycles. The van der Waals surface area contributed by atoms with Gasteiger partial charge < -0.3 is 5.11 Å². The zero-order valence-corrected chi connectivity index (χ0v) is 12.5. The van der Waals surface area contributed by atoms with Gasteiger partial charge in [0.25, 0.3) is 0 Å². The van der Waals surface area contributed by atoms with Gasteiger partial charge in [-0.05, 0) is 35.2 Å². The summed E-state index contributed by atoms with van der Waals surface area (Å²) in [4.78, 5) is 11.5. The van der Waals surface area contributed by atoms with Crippen LogP contribution < -0.4 is 4.72 Å². The second kappa shape index (κ2) is 6.66. The molecule has 0 radical (unpaired) electrons. The predicted molar refractivity (Wildman–Crippen MR) is 81.5 cm³/mol. The first-order valence-electron chi connectivity index (χ1n) is 6.01. The predicted octanol–water partition coefficient (Wildman–Crippen LogP) is 2.32. The Kier molecular flexibility index (Phi) is 4.89. The van der Waals surface area contributed by atoms with Crippen LogP contribution >= 0.6 is 11.3 Å². The number of benzene rings is 1. The number of carboxylic acid groups (broad SMARTS) is 1. The summed E-state index contributed by atoms with van der Waals surface area (Å²) in [5.41, 5.74) is 0.693. The van der Waals surface area contributed by atoms with Crippen molar-refractivity contribution in [2.45, 2.75) is 11.4 Å². The van der Waals surface area contributed by atoms with Crippen molar-refractivity contribution in [1.82, 2.24) is 4.72 Å². The molecule has 0 unspecified atom stereocenters. The molecule has 1 aromatic carbocycles. The second-order valence-corrected chi connectivity index (χ2v) is 6.88. The third kappa shape index (κ3) is 4.25. The van der Waals surface area contributed by atoms with E-state index in [-0.39, 0.29) is 11.4 Å². The average molecular weight is 323 g/mol. The fourth-order valence-electron chi connectivity index (χ4n) is 1.65. The van der Waals surface area contributed by atoms with Crippen LogP contribution in [0.3, 0.4) is 0 Å². The highest BCUT2D eigenvalue weighted by molar-refractivity contribution is 7.89. The summed E-state index contributed by atoms with van der Waals surface area (Å²) in [5.74, 6) is -1.04. The van der Waals surface area contributed by atoms with E-state index in [1.807, 2.05) is 0 Å². The number of hydrogen-bond donors (Lipinski definition) is 2. The van der Waals surface area contributed by atoms with Crippen LogP contribution in [0, 0.1) is 0 Å². The summed E-state index contributed by atoms with van der Waals surface area (Å²) < 4.78 is 26.7. The Morgan fingerprint density at radius 2 is 1.95 bits per heavy atom. The Bertz CT molecular complexity index is 748. The van der Waals surface area contributed by atoms with Crippen molar-refractivity contribution in [3.05, 3.63) is 58.3 Å². The van der Waals surface area contributed by atoms with E-state index in [0.717, 1.165) is 11.0 Å². The van der Waals surface area contributed by atoms with E-state index in [9.17, 15) is 13.2 Å². The van der Waals surface area contributed by atoms with Crippen LogP contribution in [-0.4, -0.2) is 19.5 Å². The molecule has 0 aliphatic heterocycles. The van der Waals surface area contributed by atoms with Gasteiger partial charge in [0.1, 0.15) is 0 Å². The summed E-state index contributed by atoms with van der Waals surface area (Å²) in [5, 5.41) is 10.4. The molecule has 110 valence electrons. The van der Waals surface area contributed by atoms with E-state index >= 15 is 0 Å². The molecule has 5 nitrogen and oxygen atoms in total. The van der Waals surface area contributed by atoms with E-state index in [0.29, 0.717) is 5.56 Å². The average Bonchev–Trinajstić information content (AvgIpc) is 2.91. The summed E-state index contributed by atoms with van der Waals surface area (Å²) >= 11 is 1.37. The van der Waals surface area contributed by atoms with Gasteiger partial charge in [-0.3, -0.25) is 0 Å². The quantitative estimate of drug-likeness (QED) is 0.799. The molecule has 21 heavy (non-hydrogen) atoms. The Morgan fingerprint density at radius 1 is 1.24 bits per heavy atom. The van der Waals surface area contributed by atoms with Crippen LogP contribution in [-0.2, 0) is 21.4 Å². The fourth-order valence-corrected chi connectivity index (χ4v) is 3.56. The van der Waals surface area contributed by atoms with Gasteiger partial charge in [-0.1, -0.05) is 18.2 Å². The van der Waals surface area contributed by atoms with Crippen molar-refractivity contribution in [2.24, 2.45) is 0 Å². The number of thiophene rings is 1. The highest BCUT2D eigenvalue weighted by Crippen LogP contribution is 2.19. The first kappa shape index (κ1) is 15.4. The van der Waals surface area contributed by atoms with Gasteiger partial charge in [0, 0.05) is 17.5 Å². The smallest absolute Gasteiger partial charge is 0.328 e. The van der Waals surface area contributed by atoms with Crippen LogP contribution in [0.25, 0.3) is 6.08 Å². The normalized spacial score (nSPS) is 11.8. The molecule has 0 spiro atoms. The van der Waals surface area contributed by atoms with Crippen molar-refractivity contribution < 1.29 is 18.3 Å². The van der Waals surface area contributed by atoms with Crippen LogP contribution in [0.4, 0.5) is 0 Å². The lowest BCUT2D eigenvalue weighted by molar-refractivity contribution is -0.131. The Hall–Kier alpha value is -1.96. The van der Waals surface area contributed by atoms with E-state index < -0.39 is 16.0 Å². The number of nitrogens with one attached hydrogen (secondary N) is 1. The van der Waals surface area contributed by atoms with Crippen molar-refractivity contribution in [1.29, 1.82) is 0 Å². The van der Waals surface area contributed by atoms with E-state index in [4.69, 9.17) is 5.11 Å². The van der Waals surface area contributed by atoms with E-state index in [1.165, 1.54) is 29.5 Å². The molecule has 0 saturated heterocycles. The topological polar surface area (TPSA) is 83.5 Å². The third-order valence-electron chi connectivity index (χ3n) is 2.66. The molecule has 0 aliphatic rings. The molecule has 2 aromatic rings. The maximum absolute atomic E-state index is 12.1. The van der Waals surface area contributed by atoms with Gasteiger partial charge in [0.15, 0.2) is 0 Å². The van der Waals surface area contributed by atoms with Gasteiger partial charge in [0.05, 0.1) is 4.90 Å². The Labute approximate surface area is 126 Å². The van der Waals surface area contributed by atoms with Crippen LogP contribution in [0.2, 0.25) is 0 Å². The minimum atomic E-state index is -3.57. The number of carbonyl (C=O) groups is 1. The standard InChI is InChI=1S/C14H13NO4S2/c16-14(17)7-6-11-8-9-20-13(11)10-15-21(18,19)12-4-2-1-3-5-12/h1-9,15H,10H2,(H,16,17)/b7-6+. The SMILES string of the molecule is O=C(O)/C=C/c1ccsc1CNS(=O)(=O)c1ccccc1. The molecule has 2 N–H and O–H groups in total. The minimum absolute atomic E-state index is 0.119. The molecule has 7 heteroatoms. The summed E-state index contributed by atoms with van der Waals surface area (Å²) in [6.45, 7) is 0.119. The Morgan fingerprint density at radius 3 is 2.62 bits per heavy atom. The number of aliphatic carboxylic acids is 1. The molecule has 0 bridgehead atoms. The molecular formula is C14H13NO4S2. The molecule has 1 heterocycles. The van der Waals surface area contributed by atoms with Crippen molar-refractivity contribution in [3.63, 3.8) is 0 Å². The van der Waals surface area contributed by atoms with Gasteiger partial charge in [0.2, 0.25) is 10.0 Å². The largest absolute Gasteiger partial charge is 0.478 e. The number of carboxylic acids is 1. The van der Waals surface area contributed by atoms with Crippen LogP contribution in [0.5, 0.6) is 0 Å².